The van der Waals surface area contributed by atoms with Crippen LogP contribution >= 0.6 is 0 Å². The smallest absolute Gasteiger partial charge is 0.261 e. The molecule has 0 spiro atoms. The number of aromatic amines is 1. The Balaban J connectivity index is 2.23. The van der Waals surface area contributed by atoms with E-state index in [1.54, 1.807) is 18.6 Å². The summed E-state index contributed by atoms with van der Waals surface area (Å²) in [5, 5.41) is 5.82. The van der Waals surface area contributed by atoms with E-state index in [0.717, 1.165) is 17.9 Å². The molecule has 0 saturated heterocycles. The Hall–Kier alpha value is -2.37. The van der Waals surface area contributed by atoms with Crippen molar-refractivity contribution in [3.63, 3.8) is 0 Å². The number of pyridine rings is 1. The van der Waals surface area contributed by atoms with Crippen LogP contribution in [0.15, 0.2) is 24.7 Å². The molecule has 0 aliphatic carbocycles. The number of rotatable bonds is 4. The van der Waals surface area contributed by atoms with Gasteiger partial charge in [-0.15, -0.1) is 0 Å². The average Bonchev–Trinajstić information content (AvgIpc) is 2.82. The van der Waals surface area contributed by atoms with Crippen molar-refractivity contribution in [3.8, 4) is 0 Å². The molecule has 0 unspecified atom stereocenters. The van der Waals surface area contributed by atoms with Gasteiger partial charge in [0.2, 0.25) is 5.95 Å². The molecule has 0 fully saturated rings. The number of anilines is 2. The summed E-state index contributed by atoms with van der Waals surface area (Å²) in [7, 11) is 0. The molecule has 3 N–H and O–H groups in total. The van der Waals surface area contributed by atoms with Gasteiger partial charge >= 0.3 is 0 Å². The maximum atomic E-state index is 12.1. The quantitative estimate of drug-likeness (QED) is 0.767. The third-order valence-electron chi connectivity index (χ3n) is 2.38. The van der Waals surface area contributed by atoms with Gasteiger partial charge in [-0.3, -0.25) is 15.1 Å². The van der Waals surface area contributed by atoms with Crippen LogP contribution in [-0.2, 0) is 0 Å². The molecule has 94 valence electrons. The van der Waals surface area contributed by atoms with Gasteiger partial charge in [-0.2, -0.15) is 0 Å². The number of hydrogen-bond donors (Lipinski definition) is 3. The summed E-state index contributed by atoms with van der Waals surface area (Å²) in [6, 6.07) is 1.85. The number of nitrogens with zero attached hydrogens (tertiary/aromatic N) is 2. The maximum Gasteiger partial charge on any atom is 0.261 e. The third-order valence-corrected chi connectivity index (χ3v) is 2.38. The molecule has 0 aromatic carbocycles. The fourth-order valence-corrected chi connectivity index (χ4v) is 1.59. The number of carbonyl (C=O) groups excluding carboxylic acids is 1. The van der Waals surface area contributed by atoms with Gasteiger partial charge in [0.25, 0.3) is 5.91 Å². The van der Waals surface area contributed by atoms with Gasteiger partial charge in [0.05, 0.1) is 11.3 Å². The summed E-state index contributed by atoms with van der Waals surface area (Å²) in [6.45, 7) is 4.60. The number of aromatic nitrogens is 3. The van der Waals surface area contributed by atoms with Crippen molar-refractivity contribution in [1.29, 1.82) is 0 Å². The molecule has 2 aromatic heterocycles. The molecular formula is C12H15N5O. The van der Waals surface area contributed by atoms with Crippen molar-refractivity contribution >= 4 is 17.5 Å². The molecule has 2 rings (SSSR count). The minimum atomic E-state index is -0.242. The Bertz CT molecular complexity index is 535. The molecule has 0 bridgehead atoms. The van der Waals surface area contributed by atoms with Crippen LogP contribution in [0.5, 0.6) is 0 Å². The Labute approximate surface area is 105 Å². The molecule has 2 aromatic rings. The van der Waals surface area contributed by atoms with Crippen LogP contribution in [0.4, 0.5) is 11.6 Å². The summed E-state index contributed by atoms with van der Waals surface area (Å²) in [6.07, 6.45) is 4.79. The lowest BCUT2D eigenvalue weighted by Crippen LogP contribution is -2.16. The fraction of sp³-hybridized carbons (Fsp3) is 0.250. The van der Waals surface area contributed by atoms with E-state index in [4.69, 9.17) is 0 Å². The highest BCUT2D eigenvalue weighted by Crippen LogP contribution is 2.16. The summed E-state index contributed by atoms with van der Waals surface area (Å²) in [5.74, 6) is 0.177. The molecule has 0 radical (unpaired) electrons. The summed E-state index contributed by atoms with van der Waals surface area (Å²) < 4.78 is 0. The summed E-state index contributed by atoms with van der Waals surface area (Å²) in [5.41, 5.74) is 2.13. The van der Waals surface area contributed by atoms with Gasteiger partial charge in [-0.25, -0.2) is 4.98 Å². The first kappa shape index (κ1) is 12.1. The maximum absolute atomic E-state index is 12.1. The lowest BCUT2D eigenvalue weighted by Gasteiger charge is -2.10. The van der Waals surface area contributed by atoms with Crippen LogP contribution in [0.25, 0.3) is 0 Å². The molecule has 0 aliphatic heterocycles. The van der Waals surface area contributed by atoms with Crippen LogP contribution in [-0.4, -0.2) is 27.4 Å². The number of carbonyl (C=O) groups is 1. The number of amides is 1. The normalized spacial score (nSPS) is 10.1. The Kier molecular flexibility index (Phi) is 3.57. The minimum Gasteiger partial charge on any atom is -0.385 e. The lowest BCUT2D eigenvalue weighted by molar-refractivity contribution is 0.102. The second-order valence-corrected chi connectivity index (χ2v) is 3.79. The Morgan fingerprint density at radius 3 is 2.94 bits per heavy atom. The van der Waals surface area contributed by atoms with Crippen LogP contribution in [0.1, 0.15) is 23.0 Å². The van der Waals surface area contributed by atoms with E-state index in [-0.39, 0.29) is 5.91 Å². The second kappa shape index (κ2) is 5.31. The van der Waals surface area contributed by atoms with E-state index in [1.165, 1.54) is 0 Å². The fourth-order valence-electron chi connectivity index (χ4n) is 1.59. The second-order valence-electron chi connectivity index (χ2n) is 3.79. The number of imidazole rings is 1. The number of aryl methyl sites for hydroxylation is 1. The van der Waals surface area contributed by atoms with E-state index < -0.39 is 0 Å². The van der Waals surface area contributed by atoms with Gasteiger partial charge in [-0.05, 0) is 19.9 Å². The SMILES string of the molecule is CCNc1cc(C)ncc1C(=O)Nc1ncc[nH]1. The largest absolute Gasteiger partial charge is 0.385 e. The van der Waals surface area contributed by atoms with Gasteiger partial charge in [0.15, 0.2) is 0 Å². The molecule has 6 nitrogen and oxygen atoms in total. The van der Waals surface area contributed by atoms with Crippen LogP contribution in [0.2, 0.25) is 0 Å². The zero-order valence-electron chi connectivity index (χ0n) is 10.3. The molecule has 0 aliphatic rings. The predicted octanol–water partition coefficient (Wildman–Crippen LogP) is 1.80. The van der Waals surface area contributed by atoms with Crippen molar-refractivity contribution in [3.05, 3.63) is 35.9 Å². The highest BCUT2D eigenvalue weighted by molar-refractivity contribution is 6.07. The van der Waals surface area contributed by atoms with Crippen LogP contribution < -0.4 is 10.6 Å². The molecule has 18 heavy (non-hydrogen) atoms. The van der Waals surface area contributed by atoms with Crippen molar-refractivity contribution in [2.24, 2.45) is 0 Å². The van der Waals surface area contributed by atoms with Crippen LogP contribution in [0, 0.1) is 6.92 Å². The Morgan fingerprint density at radius 1 is 1.44 bits per heavy atom. The average molecular weight is 245 g/mol. The van der Waals surface area contributed by atoms with E-state index in [1.807, 2.05) is 19.9 Å². The first-order chi connectivity index (χ1) is 8.70. The van der Waals surface area contributed by atoms with Crippen molar-refractivity contribution in [2.45, 2.75) is 13.8 Å². The molecule has 2 heterocycles. The number of nitrogens with one attached hydrogen (secondary N) is 3. The molecule has 1 amide bonds. The first-order valence-corrected chi connectivity index (χ1v) is 5.72. The summed E-state index contributed by atoms with van der Waals surface area (Å²) in [4.78, 5) is 23.0. The van der Waals surface area contributed by atoms with Crippen molar-refractivity contribution < 1.29 is 4.79 Å². The lowest BCUT2D eigenvalue weighted by atomic mass is 10.2. The van der Waals surface area contributed by atoms with Gasteiger partial charge < -0.3 is 10.3 Å². The van der Waals surface area contributed by atoms with Gasteiger partial charge in [-0.1, -0.05) is 0 Å². The van der Waals surface area contributed by atoms with Crippen molar-refractivity contribution in [1.82, 2.24) is 15.0 Å². The zero-order valence-corrected chi connectivity index (χ0v) is 10.3. The first-order valence-electron chi connectivity index (χ1n) is 5.72. The van der Waals surface area contributed by atoms with E-state index in [9.17, 15) is 4.79 Å². The highest BCUT2D eigenvalue weighted by Gasteiger charge is 2.13. The third kappa shape index (κ3) is 2.65. The standard InChI is InChI=1S/C12H15N5O/c1-3-13-10-6-8(2)16-7-9(10)11(18)17-12-14-4-5-15-12/h4-7H,3H2,1-2H3,(H,13,16)(H2,14,15,17,18). The molecule has 0 atom stereocenters. The summed E-state index contributed by atoms with van der Waals surface area (Å²) >= 11 is 0. The van der Waals surface area contributed by atoms with E-state index >= 15 is 0 Å². The van der Waals surface area contributed by atoms with E-state index in [0.29, 0.717) is 11.5 Å². The zero-order chi connectivity index (χ0) is 13.0. The molecule has 0 saturated carbocycles. The minimum absolute atomic E-state index is 0.242. The van der Waals surface area contributed by atoms with Gasteiger partial charge in [0.1, 0.15) is 0 Å². The monoisotopic (exact) mass is 245 g/mol. The molecular weight excluding hydrogens is 230 g/mol. The Morgan fingerprint density at radius 2 is 2.28 bits per heavy atom. The number of H-pyrrole nitrogens is 1. The predicted molar refractivity (Wildman–Crippen MR) is 69.7 cm³/mol. The topological polar surface area (TPSA) is 82.7 Å². The van der Waals surface area contributed by atoms with Crippen molar-refractivity contribution in [2.75, 3.05) is 17.2 Å². The number of hydrogen-bond acceptors (Lipinski definition) is 4. The van der Waals surface area contributed by atoms with E-state index in [2.05, 4.69) is 25.6 Å². The highest BCUT2D eigenvalue weighted by atomic mass is 16.1. The molecule has 6 heteroatoms. The van der Waals surface area contributed by atoms with Crippen LogP contribution in [0.3, 0.4) is 0 Å². The van der Waals surface area contributed by atoms with Gasteiger partial charge in [0, 0.05) is 30.8 Å².